The smallest absolute Gasteiger partial charge is 0.331 e. The van der Waals surface area contributed by atoms with Gasteiger partial charge < -0.3 is 15.7 Å². The van der Waals surface area contributed by atoms with Gasteiger partial charge in [0.2, 0.25) is 11.8 Å². The first-order chi connectivity index (χ1) is 10.8. The summed E-state index contributed by atoms with van der Waals surface area (Å²) in [6.45, 7) is 5.65. The Hall–Kier alpha value is -2.38. The van der Waals surface area contributed by atoms with E-state index >= 15 is 0 Å². The van der Waals surface area contributed by atoms with Gasteiger partial charge in [-0.25, -0.2) is 4.79 Å². The van der Waals surface area contributed by atoms with Gasteiger partial charge in [-0.05, 0) is 26.7 Å². The lowest BCUT2D eigenvalue weighted by atomic mass is 10.1. The number of anilines is 1. The number of hydrogen-bond donors (Lipinski definition) is 3. The molecule has 0 aliphatic carbocycles. The Morgan fingerprint density at radius 3 is 2.52 bits per heavy atom. The highest BCUT2D eigenvalue weighted by Gasteiger charge is 2.30. The zero-order valence-corrected chi connectivity index (χ0v) is 13.8. The minimum absolute atomic E-state index is 0.0596. The highest BCUT2D eigenvalue weighted by molar-refractivity contribution is 5.90. The van der Waals surface area contributed by atoms with E-state index in [4.69, 9.17) is 5.11 Å². The second-order valence-electron chi connectivity index (χ2n) is 5.79. The van der Waals surface area contributed by atoms with Crippen LogP contribution in [0.3, 0.4) is 0 Å². The highest BCUT2D eigenvalue weighted by Crippen LogP contribution is 2.17. The normalized spacial score (nSPS) is 11.1. The van der Waals surface area contributed by atoms with Gasteiger partial charge in [-0.3, -0.25) is 14.3 Å². The molecule has 0 saturated heterocycles. The van der Waals surface area contributed by atoms with Gasteiger partial charge in [-0.1, -0.05) is 6.92 Å². The molecular weight excluding hydrogens is 300 g/mol. The van der Waals surface area contributed by atoms with Crippen LogP contribution in [0.25, 0.3) is 0 Å². The Morgan fingerprint density at radius 1 is 1.26 bits per heavy atom. The second kappa shape index (κ2) is 8.30. The van der Waals surface area contributed by atoms with E-state index in [2.05, 4.69) is 15.7 Å². The van der Waals surface area contributed by atoms with Crippen LogP contribution in [-0.2, 0) is 19.9 Å². The van der Waals surface area contributed by atoms with E-state index in [0.29, 0.717) is 25.1 Å². The lowest BCUT2D eigenvalue weighted by Gasteiger charge is -2.19. The van der Waals surface area contributed by atoms with E-state index in [1.807, 2.05) is 6.92 Å². The van der Waals surface area contributed by atoms with Crippen LogP contribution >= 0.6 is 0 Å². The third kappa shape index (κ3) is 5.72. The molecule has 1 aromatic rings. The van der Waals surface area contributed by atoms with Crippen LogP contribution in [0, 0.1) is 0 Å². The summed E-state index contributed by atoms with van der Waals surface area (Å²) in [7, 11) is 0. The third-order valence-corrected chi connectivity index (χ3v) is 3.34. The minimum atomic E-state index is -1.19. The quantitative estimate of drug-likeness (QED) is 0.634. The maximum absolute atomic E-state index is 11.8. The zero-order valence-electron chi connectivity index (χ0n) is 13.8. The zero-order chi connectivity index (χ0) is 17.5. The van der Waals surface area contributed by atoms with E-state index < -0.39 is 11.5 Å². The maximum Gasteiger partial charge on any atom is 0.331 e. The average Bonchev–Trinajstić information content (AvgIpc) is 2.94. The summed E-state index contributed by atoms with van der Waals surface area (Å²) < 4.78 is 1.28. The van der Waals surface area contributed by atoms with Crippen molar-refractivity contribution in [1.29, 1.82) is 0 Å². The van der Waals surface area contributed by atoms with Crippen molar-refractivity contribution in [2.45, 2.75) is 52.0 Å². The standard InChI is InChI=1S/C15H24N4O4/c1-4-8-16-12(20)6-5-7-13(21)18-11-9-17-19(10-11)15(2,3)14(22)23/h9-10H,4-8H2,1-3H3,(H,16,20)(H,18,21)(H,22,23). The van der Waals surface area contributed by atoms with E-state index in [9.17, 15) is 14.4 Å². The van der Waals surface area contributed by atoms with E-state index in [1.165, 1.54) is 30.9 Å². The molecule has 0 unspecified atom stereocenters. The summed E-state index contributed by atoms with van der Waals surface area (Å²) in [6, 6.07) is 0. The summed E-state index contributed by atoms with van der Waals surface area (Å²) in [5.41, 5.74) is -0.764. The largest absolute Gasteiger partial charge is 0.479 e. The Labute approximate surface area is 135 Å². The third-order valence-electron chi connectivity index (χ3n) is 3.34. The first-order valence-electron chi connectivity index (χ1n) is 7.62. The summed E-state index contributed by atoms with van der Waals surface area (Å²) >= 11 is 0. The molecule has 1 rings (SSSR count). The van der Waals surface area contributed by atoms with Crippen LogP contribution in [0.15, 0.2) is 12.4 Å². The molecule has 0 atom stereocenters. The molecule has 0 radical (unpaired) electrons. The van der Waals surface area contributed by atoms with Gasteiger partial charge in [0.1, 0.15) is 0 Å². The van der Waals surface area contributed by atoms with Crippen LogP contribution in [0.5, 0.6) is 0 Å². The molecule has 1 aromatic heterocycles. The fraction of sp³-hybridized carbons (Fsp3) is 0.600. The van der Waals surface area contributed by atoms with Crippen molar-refractivity contribution in [2.75, 3.05) is 11.9 Å². The van der Waals surface area contributed by atoms with Crippen LogP contribution in [0.4, 0.5) is 5.69 Å². The highest BCUT2D eigenvalue weighted by atomic mass is 16.4. The second-order valence-corrected chi connectivity index (χ2v) is 5.79. The first-order valence-corrected chi connectivity index (χ1v) is 7.62. The number of nitrogens with one attached hydrogen (secondary N) is 2. The lowest BCUT2D eigenvalue weighted by Crippen LogP contribution is -2.35. The fourth-order valence-electron chi connectivity index (χ4n) is 1.78. The number of carboxylic acids is 1. The number of carbonyl (C=O) groups is 3. The lowest BCUT2D eigenvalue weighted by molar-refractivity contribution is -0.146. The van der Waals surface area contributed by atoms with Gasteiger partial charge in [0, 0.05) is 25.6 Å². The summed E-state index contributed by atoms with van der Waals surface area (Å²) in [4.78, 5) is 34.4. The minimum Gasteiger partial charge on any atom is -0.479 e. The van der Waals surface area contributed by atoms with Crippen molar-refractivity contribution in [2.24, 2.45) is 0 Å². The number of rotatable bonds is 9. The SMILES string of the molecule is CCCNC(=O)CCCC(=O)Nc1cnn(C(C)(C)C(=O)O)c1. The van der Waals surface area contributed by atoms with Gasteiger partial charge in [0.15, 0.2) is 5.54 Å². The number of nitrogens with zero attached hydrogens (tertiary/aromatic N) is 2. The molecule has 0 aliphatic heterocycles. The number of amides is 2. The predicted octanol–water partition coefficient (Wildman–Crippen LogP) is 1.34. The summed E-state index contributed by atoms with van der Waals surface area (Å²) in [6.07, 6.45) is 4.72. The number of carbonyl (C=O) groups excluding carboxylic acids is 2. The Balaban J connectivity index is 2.42. The molecule has 8 heteroatoms. The van der Waals surface area contributed by atoms with Crippen molar-refractivity contribution in [1.82, 2.24) is 15.1 Å². The van der Waals surface area contributed by atoms with Gasteiger partial charge in [-0.15, -0.1) is 0 Å². The fourth-order valence-corrected chi connectivity index (χ4v) is 1.78. The monoisotopic (exact) mass is 324 g/mol. The van der Waals surface area contributed by atoms with Gasteiger partial charge >= 0.3 is 5.97 Å². The average molecular weight is 324 g/mol. The van der Waals surface area contributed by atoms with E-state index in [0.717, 1.165) is 6.42 Å². The number of aliphatic carboxylic acids is 1. The molecule has 8 nitrogen and oxygen atoms in total. The molecule has 0 aliphatic rings. The molecule has 0 aromatic carbocycles. The molecule has 1 heterocycles. The van der Waals surface area contributed by atoms with Crippen molar-refractivity contribution < 1.29 is 19.5 Å². The number of hydrogen-bond acceptors (Lipinski definition) is 4. The molecule has 0 saturated carbocycles. The van der Waals surface area contributed by atoms with Crippen molar-refractivity contribution in [3.63, 3.8) is 0 Å². The first kappa shape index (κ1) is 18.7. The maximum atomic E-state index is 11.8. The van der Waals surface area contributed by atoms with Gasteiger partial charge in [0.05, 0.1) is 11.9 Å². The predicted molar refractivity (Wildman–Crippen MR) is 85.0 cm³/mol. The van der Waals surface area contributed by atoms with Gasteiger partial charge in [0.25, 0.3) is 0 Å². The Kier molecular flexibility index (Phi) is 6.74. The Morgan fingerprint density at radius 2 is 1.91 bits per heavy atom. The Bertz CT molecular complexity index is 566. The summed E-state index contributed by atoms with van der Waals surface area (Å²) in [5, 5.41) is 18.5. The number of carboxylic acid groups (broad SMARTS) is 1. The molecule has 0 fully saturated rings. The molecule has 23 heavy (non-hydrogen) atoms. The molecule has 128 valence electrons. The van der Waals surface area contributed by atoms with Crippen LogP contribution < -0.4 is 10.6 Å². The summed E-state index contributed by atoms with van der Waals surface area (Å²) in [5.74, 6) is -1.31. The number of aromatic nitrogens is 2. The van der Waals surface area contributed by atoms with Crippen molar-refractivity contribution in [3.8, 4) is 0 Å². The van der Waals surface area contributed by atoms with Crippen molar-refractivity contribution in [3.05, 3.63) is 12.4 Å². The molecule has 0 bridgehead atoms. The van der Waals surface area contributed by atoms with Crippen LogP contribution in [0.1, 0.15) is 46.5 Å². The topological polar surface area (TPSA) is 113 Å². The van der Waals surface area contributed by atoms with Crippen LogP contribution in [-0.4, -0.2) is 39.2 Å². The molecule has 3 N–H and O–H groups in total. The van der Waals surface area contributed by atoms with Crippen LogP contribution in [0.2, 0.25) is 0 Å². The molecular formula is C15H24N4O4. The van der Waals surface area contributed by atoms with E-state index in [1.54, 1.807) is 0 Å². The molecule has 2 amide bonds. The van der Waals surface area contributed by atoms with Gasteiger partial charge in [-0.2, -0.15) is 5.10 Å². The molecule has 0 spiro atoms. The van der Waals surface area contributed by atoms with E-state index in [-0.39, 0.29) is 18.2 Å². The van der Waals surface area contributed by atoms with Crippen molar-refractivity contribution >= 4 is 23.5 Å².